The van der Waals surface area contributed by atoms with Crippen molar-refractivity contribution < 1.29 is 14.3 Å². The first-order valence-corrected chi connectivity index (χ1v) is 8.71. The molecule has 1 atom stereocenters. The average molecular weight is 401 g/mol. The van der Waals surface area contributed by atoms with Crippen LogP contribution >= 0.6 is 23.2 Å². The minimum Gasteiger partial charge on any atom is -0.444 e. The summed E-state index contributed by atoms with van der Waals surface area (Å²) in [6, 6.07) is 16.4. The van der Waals surface area contributed by atoms with E-state index in [0.29, 0.717) is 26.9 Å². The van der Waals surface area contributed by atoms with Crippen LogP contribution in [-0.4, -0.2) is 16.9 Å². The molecule has 2 aromatic carbocycles. The number of rotatable bonds is 5. The lowest BCUT2D eigenvalue weighted by Gasteiger charge is -2.18. The Morgan fingerprint density at radius 2 is 1.56 bits per heavy atom. The number of carbonyl (C=O) groups excluding carboxylic acids is 2. The number of anilines is 1. The van der Waals surface area contributed by atoms with Gasteiger partial charge in [-0.25, -0.2) is 4.79 Å². The number of benzene rings is 2. The Labute approximate surface area is 165 Å². The second-order valence-corrected chi connectivity index (χ2v) is 6.45. The summed E-state index contributed by atoms with van der Waals surface area (Å²) in [7, 11) is 0. The minimum atomic E-state index is -1.15. The van der Waals surface area contributed by atoms with Gasteiger partial charge in [0.1, 0.15) is 0 Å². The van der Waals surface area contributed by atoms with E-state index in [1.165, 1.54) is 24.5 Å². The zero-order chi connectivity index (χ0) is 19.2. The zero-order valence-electron chi connectivity index (χ0n) is 13.9. The minimum absolute atomic E-state index is 0.296. The molecule has 1 amide bonds. The number of hydrogen-bond donors (Lipinski definition) is 1. The number of aromatic nitrogens is 1. The predicted molar refractivity (Wildman–Crippen MR) is 104 cm³/mol. The molecule has 0 aliphatic rings. The topological polar surface area (TPSA) is 68.3 Å². The lowest BCUT2D eigenvalue weighted by atomic mass is 10.1. The van der Waals surface area contributed by atoms with Gasteiger partial charge >= 0.3 is 5.97 Å². The third-order valence-corrected chi connectivity index (χ3v) is 4.05. The van der Waals surface area contributed by atoms with Crippen LogP contribution in [0.3, 0.4) is 0 Å². The van der Waals surface area contributed by atoms with E-state index >= 15 is 0 Å². The molecule has 1 heterocycles. The van der Waals surface area contributed by atoms with Gasteiger partial charge in [0, 0.05) is 33.7 Å². The summed E-state index contributed by atoms with van der Waals surface area (Å²) < 4.78 is 5.47. The lowest BCUT2D eigenvalue weighted by molar-refractivity contribution is -0.125. The Bertz CT molecular complexity index is 930. The van der Waals surface area contributed by atoms with E-state index in [1.54, 1.807) is 48.5 Å². The molecule has 0 radical (unpaired) electrons. The lowest BCUT2D eigenvalue weighted by Crippen LogP contribution is -2.26. The van der Waals surface area contributed by atoms with Gasteiger partial charge in [-0.1, -0.05) is 53.5 Å². The second kappa shape index (κ2) is 8.66. The van der Waals surface area contributed by atoms with Crippen LogP contribution in [0, 0.1) is 0 Å². The zero-order valence-corrected chi connectivity index (χ0v) is 15.4. The van der Waals surface area contributed by atoms with E-state index in [2.05, 4.69) is 10.3 Å². The molecule has 0 aliphatic carbocycles. The molecule has 0 saturated carbocycles. The first-order valence-electron chi connectivity index (χ1n) is 7.96. The smallest absolute Gasteiger partial charge is 0.339 e. The van der Waals surface area contributed by atoms with E-state index in [9.17, 15) is 9.59 Å². The maximum Gasteiger partial charge on any atom is 0.339 e. The standard InChI is InChI=1S/C20H14Cl2N2O3/c21-15-10-16(22)12-17(11-15)24-19(25)18(13-4-2-1-3-5-13)27-20(26)14-6-8-23-9-7-14/h1-12,18H,(H,24,25)/t18-/m0/s1. The first kappa shape index (κ1) is 18.9. The molecular weight excluding hydrogens is 387 g/mol. The molecule has 5 nitrogen and oxygen atoms in total. The molecule has 3 aromatic rings. The van der Waals surface area contributed by atoms with Gasteiger partial charge in [0.15, 0.2) is 0 Å². The van der Waals surface area contributed by atoms with Crippen molar-refractivity contribution in [3.8, 4) is 0 Å². The SMILES string of the molecule is O=C(O[C@H](C(=O)Nc1cc(Cl)cc(Cl)c1)c1ccccc1)c1ccncc1. The Balaban J connectivity index is 1.85. The summed E-state index contributed by atoms with van der Waals surface area (Å²) in [6.45, 7) is 0. The van der Waals surface area contributed by atoms with Crippen LogP contribution in [-0.2, 0) is 9.53 Å². The van der Waals surface area contributed by atoms with E-state index in [0.717, 1.165) is 0 Å². The molecule has 0 spiro atoms. The van der Waals surface area contributed by atoms with Crippen LogP contribution in [0.2, 0.25) is 10.0 Å². The molecule has 7 heteroatoms. The van der Waals surface area contributed by atoms with Crippen LogP contribution < -0.4 is 5.32 Å². The van der Waals surface area contributed by atoms with Gasteiger partial charge in [0.2, 0.25) is 6.10 Å². The quantitative estimate of drug-likeness (QED) is 0.616. The van der Waals surface area contributed by atoms with Crippen molar-refractivity contribution in [2.75, 3.05) is 5.32 Å². The Morgan fingerprint density at radius 3 is 2.19 bits per heavy atom. The van der Waals surface area contributed by atoms with Gasteiger partial charge in [0.25, 0.3) is 5.91 Å². The molecule has 0 unspecified atom stereocenters. The van der Waals surface area contributed by atoms with E-state index in [-0.39, 0.29) is 0 Å². The van der Waals surface area contributed by atoms with Gasteiger partial charge in [-0.2, -0.15) is 0 Å². The van der Waals surface area contributed by atoms with Gasteiger partial charge in [-0.3, -0.25) is 9.78 Å². The predicted octanol–water partition coefficient (Wildman–Crippen LogP) is 4.93. The van der Waals surface area contributed by atoms with E-state index in [4.69, 9.17) is 27.9 Å². The normalized spacial score (nSPS) is 11.5. The molecule has 0 aliphatic heterocycles. The highest BCUT2D eigenvalue weighted by Gasteiger charge is 2.26. The average Bonchev–Trinajstić information content (AvgIpc) is 2.66. The number of pyridine rings is 1. The van der Waals surface area contributed by atoms with Crippen LogP contribution in [0.25, 0.3) is 0 Å². The van der Waals surface area contributed by atoms with Crippen LogP contribution in [0.4, 0.5) is 5.69 Å². The number of ether oxygens (including phenoxy) is 1. The van der Waals surface area contributed by atoms with Crippen molar-refractivity contribution >= 4 is 40.8 Å². The fourth-order valence-electron chi connectivity index (χ4n) is 2.40. The molecule has 0 fully saturated rings. The van der Waals surface area contributed by atoms with Crippen molar-refractivity contribution in [1.29, 1.82) is 0 Å². The molecule has 3 rings (SSSR count). The Kier molecular flexibility index (Phi) is 6.06. The highest BCUT2D eigenvalue weighted by atomic mass is 35.5. The maximum atomic E-state index is 12.8. The monoisotopic (exact) mass is 400 g/mol. The molecule has 136 valence electrons. The Morgan fingerprint density at radius 1 is 0.926 bits per heavy atom. The molecular formula is C20H14Cl2N2O3. The number of amides is 1. The summed E-state index contributed by atoms with van der Waals surface area (Å²) in [6.07, 6.45) is 1.80. The number of halogens is 2. The van der Waals surface area contributed by atoms with Crippen LogP contribution in [0.5, 0.6) is 0 Å². The van der Waals surface area contributed by atoms with Gasteiger partial charge in [-0.15, -0.1) is 0 Å². The summed E-state index contributed by atoms with van der Waals surface area (Å²) in [4.78, 5) is 29.1. The Hall–Kier alpha value is -2.89. The fourth-order valence-corrected chi connectivity index (χ4v) is 2.92. The van der Waals surface area contributed by atoms with Gasteiger partial charge in [0.05, 0.1) is 5.56 Å². The van der Waals surface area contributed by atoms with Crippen molar-refractivity contribution in [3.05, 3.63) is 94.2 Å². The second-order valence-electron chi connectivity index (χ2n) is 5.58. The number of hydrogen-bond acceptors (Lipinski definition) is 4. The highest BCUT2D eigenvalue weighted by molar-refractivity contribution is 6.35. The summed E-state index contributed by atoms with van der Waals surface area (Å²) in [5.74, 6) is -1.16. The van der Waals surface area contributed by atoms with Gasteiger partial charge < -0.3 is 10.1 Å². The number of nitrogens with zero attached hydrogens (tertiary/aromatic N) is 1. The van der Waals surface area contributed by atoms with Crippen LogP contribution in [0.15, 0.2) is 73.1 Å². The highest BCUT2D eigenvalue weighted by Crippen LogP contribution is 2.25. The maximum absolute atomic E-state index is 12.8. The van der Waals surface area contributed by atoms with Crippen molar-refractivity contribution in [3.63, 3.8) is 0 Å². The fraction of sp³-hybridized carbons (Fsp3) is 0.0500. The van der Waals surface area contributed by atoms with Crippen molar-refractivity contribution in [2.45, 2.75) is 6.10 Å². The molecule has 0 bridgehead atoms. The van der Waals surface area contributed by atoms with E-state index in [1.807, 2.05) is 0 Å². The molecule has 27 heavy (non-hydrogen) atoms. The summed E-state index contributed by atoms with van der Waals surface area (Å²) in [5, 5.41) is 3.44. The van der Waals surface area contributed by atoms with Crippen molar-refractivity contribution in [2.24, 2.45) is 0 Å². The first-order chi connectivity index (χ1) is 13.0. The third-order valence-electron chi connectivity index (χ3n) is 3.61. The number of carbonyl (C=O) groups is 2. The number of nitrogens with one attached hydrogen (secondary N) is 1. The van der Waals surface area contributed by atoms with Crippen LogP contribution in [0.1, 0.15) is 22.0 Å². The van der Waals surface area contributed by atoms with E-state index < -0.39 is 18.0 Å². The third kappa shape index (κ3) is 5.06. The van der Waals surface area contributed by atoms with Gasteiger partial charge in [-0.05, 0) is 30.3 Å². The molecule has 1 aromatic heterocycles. The van der Waals surface area contributed by atoms with Crippen molar-refractivity contribution in [1.82, 2.24) is 4.98 Å². The summed E-state index contributed by atoms with van der Waals surface area (Å²) in [5.41, 5.74) is 1.23. The summed E-state index contributed by atoms with van der Waals surface area (Å²) >= 11 is 11.9. The largest absolute Gasteiger partial charge is 0.444 e. The molecule has 1 N–H and O–H groups in total. The number of esters is 1. The molecule has 0 saturated heterocycles.